The van der Waals surface area contributed by atoms with Crippen LogP contribution in [-0.2, 0) is 0 Å². The maximum Gasteiger partial charge on any atom is 0.275 e. The van der Waals surface area contributed by atoms with E-state index in [1.165, 1.54) is 0 Å². The van der Waals surface area contributed by atoms with Crippen molar-refractivity contribution in [3.8, 4) is 5.75 Å². The Morgan fingerprint density at radius 1 is 1.04 bits per heavy atom. The van der Waals surface area contributed by atoms with Gasteiger partial charge in [-0.1, -0.05) is 36.4 Å². The molecule has 0 heterocycles. The number of phenolic OH excluding ortho intramolecular Hbond substituents is 1. The Morgan fingerprint density at radius 2 is 1.68 bits per heavy atom. The van der Waals surface area contributed by atoms with E-state index in [2.05, 4.69) is 10.5 Å². The summed E-state index contributed by atoms with van der Waals surface area (Å²) in [6.45, 7) is 0. The van der Waals surface area contributed by atoms with Gasteiger partial charge in [0.15, 0.2) is 0 Å². The van der Waals surface area contributed by atoms with Crippen molar-refractivity contribution in [2.24, 2.45) is 5.10 Å². The molecule has 3 aromatic carbocycles. The van der Waals surface area contributed by atoms with Gasteiger partial charge in [0.1, 0.15) is 5.75 Å². The molecule has 0 aromatic heterocycles. The smallest absolute Gasteiger partial charge is 0.275 e. The maximum absolute atomic E-state index is 12.3. The summed E-state index contributed by atoms with van der Waals surface area (Å²) >= 11 is 0. The van der Waals surface area contributed by atoms with Crippen LogP contribution in [0, 0.1) is 0 Å². The van der Waals surface area contributed by atoms with Crippen molar-refractivity contribution in [3.63, 3.8) is 0 Å². The third-order valence-corrected chi connectivity index (χ3v) is 3.90. The fourth-order valence-electron chi connectivity index (χ4n) is 2.49. The largest absolute Gasteiger partial charge is 0.507 e. The molecule has 0 aliphatic rings. The number of amides is 1. The van der Waals surface area contributed by atoms with Gasteiger partial charge in [0.05, 0.1) is 11.8 Å². The number of hydrogen-bond acceptors (Lipinski definition) is 4. The molecule has 0 atom stereocenters. The van der Waals surface area contributed by atoms with Gasteiger partial charge in [-0.3, -0.25) is 4.79 Å². The van der Waals surface area contributed by atoms with E-state index in [0.717, 1.165) is 22.0 Å². The molecule has 25 heavy (non-hydrogen) atoms. The number of rotatable bonds is 4. The van der Waals surface area contributed by atoms with E-state index in [0.29, 0.717) is 0 Å². The third-order valence-electron chi connectivity index (χ3n) is 3.90. The van der Waals surface area contributed by atoms with E-state index in [4.69, 9.17) is 0 Å². The lowest BCUT2D eigenvalue weighted by Crippen LogP contribution is -2.17. The van der Waals surface area contributed by atoms with Crippen molar-refractivity contribution in [2.75, 3.05) is 19.0 Å². The van der Waals surface area contributed by atoms with Gasteiger partial charge in [-0.05, 0) is 40.6 Å². The predicted molar refractivity (Wildman–Crippen MR) is 101 cm³/mol. The zero-order chi connectivity index (χ0) is 17.8. The van der Waals surface area contributed by atoms with Crippen LogP contribution in [0.3, 0.4) is 0 Å². The molecule has 0 saturated heterocycles. The number of benzene rings is 3. The van der Waals surface area contributed by atoms with Gasteiger partial charge in [-0.2, -0.15) is 5.10 Å². The van der Waals surface area contributed by atoms with Crippen LogP contribution in [0.15, 0.2) is 65.8 Å². The molecule has 0 aliphatic carbocycles. The van der Waals surface area contributed by atoms with E-state index < -0.39 is 5.91 Å². The van der Waals surface area contributed by atoms with Crippen LogP contribution in [0.25, 0.3) is 10.8 Å². The van der Waals surface area contributed by atoms with Gasteiger partial charge in [-0.25, -0.2) is 5.43 Å². The number of hydrazone groups is 1. The number of phenols is 1. The molecule has 3 rings (SSSR count). The first kappa shape index (κ1) is 16.5. The monoisotopic (exact) mass is 333 g/mol. The highest BCUT2D eigenvalue weighted by Gasteiger charge is 2.11. The normalized spacial score (nSPS) is 11.0. The Kier molecular flexibility index (Phi) is 4.66. The molecule has 0 bridgehead atoms. The molecule has 2 N–H and O–H groups in total. The summed E-state index contributed by atoms with van der Waals surface area (Å²) in [6, 6.07) is 18.5. The number of carbonyl (C=O) groups excluding carboxylic acids is 1. The number of nitrogens with one attached hydrogen (secondary N) is 1. The Balaban J connectivity index is 1.73. The Hall–Kier alpha value is -3.34. The standard InChI is InChI=1S/C20H19N3O2/c1-23(2)17-9-7-14(8-10-17)13-21-22-20(25)18-11-15-5-3-4-6-16(15)12-19(18)24/h3-13,24H,1-2H3,(H,22,25)/b21-13-. The molecule has 0 unspecified atom stereocenters. The molecule has 1 amide bonds. The Labute approximate surface area is 146 Å². The van der Waals surface area contributed by atoms with Crippen molar-refractivity contribution in [3.05, 3.63) is 71.8 Å². The quantitative estimate of drug-likeness (QED) is 0.568. The van der Waals surface area contributed by atoms with Gasteiger partial charge in [0, 0.05) is 19.8 Å². The lowest BCUT2D eigenvalue weighted by molar-refractivity contribution is 0.0952. The van der Waals surface area contributed by atoms with Gasteiger partial charge in [-0.15, -0.1) is 0 Å². The molecule has 126 valence electrons. The van der Waals surface area contributed by atoms with E-state index in [9.17, 15) is 9.90 Å². The third kappa shape index (κ3) is 3.77. The topological polar surface area (TPSA) is 64.9 Å². The molecule has 0 saturated carbocycles. The summed E-state index contributed by atoms with van der Waals surface area (Å²) in [5.41, 5.74) is 4.60. The Morgan fingerprint density at radius 3 is 2.32 bits per heavy atom. The second kappa shape index (κ2) is 7.05. The summed E-state index contributed by atoms with van der Waals surface area (Å²) < 4.78 is 0. The minimum Gasteiger partial charge on any atom is -0.507 e. The number of anilines is 1. The lowest BCUT2D eigenvalue weighted by atomic mass is 10.1. The van der Waals surface area contributed by atoms with Crippen LogP contribution >= 0.6 is 0 Å². The molecular weight excluding hydrogens is 314 g/mol. The first-order valence-electron chi connectivity index (χ1n) is 7.87. The van der Waals surface area contributed by atoms with Crippen LogP contribution in [0.4, 0.5) is 5.69 Å². The van der Waals surface area contributed by atoms with Gasteiger partial charge in [0.25, 0.3) is 5.91 Å². The number of fused-ring (bicyclic) bond motifs is 1. The number of hydrogen-bond donors (Lipinski definition) is 2. The molecule has 5 nitrogen and oxygen atoms in total. The molecule has 0 spiro atoms. The molecule has 0 radical (unpaired) electrons. The first-order chi connectivity index (χ1) is 12.0. The second-order valence-corrected chi connectivity index (χ2v) is 5.90. The minimum absolute atomic E-state index is 0.0678. The van der Waals surface area contributed by atoms with Crippen molar-refractivity contribution in [1.82, 2.24) is 5.43 Å². The maximum atomic E-state index is 12.3. The summed E-state index contributed by atoms with van der Waals surface area (Å²) in [7, 11) is 3.94. The van der Waals surface area contributed by atoms with Crippen molar-refractivity contribution in [2.45, 2.75) is 0 Å². The summed E-state index contributed by atoms with van der Waals surface area (Å²) in [5, 5.41) is 15.8. The average molecular weight is 333 g/mol. The molecule has 0 aliphatic heterocycles. The van der Waals surface area contributed by atoms with Crippen molar-refractivity contribution in [1.29, 1.82) is 0 Å². The highest BCUT2D eigenvalue weighted by atomic mass is 16.3. The van der Waals surface area contributed by atoms with Gasteiger partial charge >= 0.3 is 0 Å². The summed E-state index contributed by atoms with van der Waals surface area (Å²) in [4.78, 5) is 14.3. The highest BCUT2D eigenvalue weighted by Crippen LogP contribution is 2.24. The first-order valence-corrected chi connectivity index (χ1v) is 7.87. The van der Waals surface area contributed by atoms with Crippen molar-refractivity contribution < 1.29 is 9.90 Å². The molecule has 0 fully saturated rings. The van der Waals surface area contributed by atoms with Crippen LogP contribution in [0.5, 0.6) is 5.75 Å². The van der Waals surface area contributed by atoms with Crippen LogP contribution in [0.1, 0.15) is 15.9 Å². The van der Waals surface area contributed by atoms with E-state index in [-0.39, 0.29) is 11.3 Å². The SMILES string of the molecule is CN(C)c1ccc(/C=N\NC(=O)c2cc3ccccc3cc2O)cc1. The van der Waals surface area contributed by atoms with Crippen LogP contribution < -0.4 is 10.3 Å². The zero-order valence-corrected chi connectivity index (χ0v) is 14.1. The number of aromatic hydroxyl groups is 1. The highest BCUT2D eigenvalue weighted by molar-refractivity contribution is 6.01. The fourth-order valence-corrected chi connectivity index (χ4v) is 2.49. The average Bonchev–Trinajstić information content (AvgIpc) is 2.61. The summed E-state index contributed by atoms with van der Waals surface area (Å²) in [5.74, 6) is -0.522. The van der Waals surface area contributed by atoms with E-state index in [1.54, 1.807) is 18.3 Å². The van der Waals surface area contributed by atoms with Crippen molar-refractivity contribution >= 4 is 28.6 Å². The summed E-state index contributed by atoms with van der Waals surface area (Å²) in [6.07, 6.45) is 1.56. The van der Waals surface area contributed by atoms with Crippen LogP contribution in [-0.4, -0.2) is 31.3 Å². The van der Waals surface area contributed by atoms with Gasteiger partial charge < -0.3 is 10.0 Å². The zero-order valence-electron chi connectivity index (χ0n) is 14.1. The minimum atomic E-state index is -0.454. The Bertz CT molecular complexity index is 931. The second-order valence-electron chi connectivity index (χ2n) is 5.90. The van der Waals surface area contributed by atoms with E-state index >= 15 is 0 Å². The molecular formula is C20H19N3O2. The van der Waals surface area contributed by atoms with E-state index in [1.807, 2.05) is 67.5 Å². The number of nitrogens with zero attached hydrogens (tertiary/aromatic N) is 2. The predicted octanol–water partition coefficient (Wildman–Crippen LogP) is 3.38. The fraction of sp³-hybridized carbons (Fsp3) is 0.100. The van der Waals surface area contributed by atoms with Crippen LogP contribution in [0.2, 0.25) is 0 Å². The lowest BCUT2D eigenvalue weighted by Gasteiger charge is -2.11. The molecule has 3 aromatic rings. The number of carbonyl (C=O) groups is 1. The van der Waals surface area contributed by atoms with Gasteiger partial charge in [0.2, 0.25) is 0 Å². The molecule has 5 heteroatoms.